The Kier molecular flexibility index (Phi) is 4.90. The fraction of sp³-hybridized carbons (Fsp3) is 0.300. The summed E-state index contributed by atoms with van der Waals surface area (Å²) >= 11 is 6.19. The molecular weight excluding hydrogens is 443 g/mol. The summed E-state index contributed by atoms with van der Waals surface area (Å²) in [6, 6.07) is 9.98. The quantitative estimate of drug-likeness (QED) is 0.642. The molecule has 2 aromatic carbocycles. The summed E-state index contributed by atoms with van der Waals surface area (Å²) in [5.74, 6) is -0.706. The van der Waals surface area contributed by atoms with Gasteiger partial charge in [0.2, 0.25) is 21.9 Å². The van der Waals surface area contributed by atoms with Crippen molar-refractivity contribution >= 4 is 44.6 Å². The van der Waals surface area contributed by atoms with Gasteiger partial charge < -0.3 is 10.6 Å². The number of rotatable bonds is 3. The largest absolute Gasteiger partial charge is 0.369 e. The van der Waals surface area contributed by atoms with Crippen molar-refractivity contribution in [2.24, 2.45) is 10.7 Å². The van der Waals surface area contributed by atoms with E-state index >= 15 is 4.39 Å². The molecule has 0 radical (unpaired) electrons. The van der Waals surface area contributed by atoms with Crippen molar-refractivity contribution in [1.29, 1.82) is 0 Å². The number of guanidine groups is 1. The van der Waals surface area contributed by atoms with Gasteiger partial charge in [0.25, 0.3) is 0 Å². The Bertz CT molecular complexity index is 1340. The second-order valence-corrected chi connectivity index (χ2v) is 10.3. The average Bonchev–Trinajstić information content (AvgIpc) is 3.04. The van der Waals surface area contributed by atoms with Gasteiger partial charge in [-0.1, -0.05) is 23.7 Å². The van der Waals surface area contributed by atoms with Crippen LogP contribution >= 0.6 is 11.6 Å². The molecule has 3 aromatic rings. The lowest BCUT2D eigenvalue weighted by atomic mass is 9.93. The van der Waals surface area contributed by atoms with E-state index < -0.39 is 27.1 Å². The standard InChI is InChI=1S/C20H22ClFN6O2S/c1-20(11-31(29,30)27(4)18(23)25-20)13-6-5-7-15(17(13)22)28-16-10-12(21)8-9-14(16)24-19(28)26(2)3/h5-10H,11H2,1-4H3,(H2,23,25)/t20-/m0/s1. The lowest BCUT2D eigenvalue weighted by Gasteiger charge is -2.35. The Morgan fingerprint density at radius 1 is 1.26 bits per heavy atom. The number of nitrogens with two attached hydrogens (primary N) is 1. The Hall–Kier alpha value is -2.85. The molecule has 31 heavy (non-hydrogen) atoms. The Labute approximate surface area is 184 Å². The fourth-order valence-electron chi connectivity index (χ4n) is 3.77. The molecule has 1 atom stereocenters. The van der Waals surface area contributed by atoms with Gasteiger partial charge in [-0.05, 0) is 31.2 Å². The molecule has 0 bridgehead atoms. The van der Waals surface area contributed by atoms with Gasteiger partial charge in [0.15, 0.2) is 5.82 Å². The normalized spacial score (nSPS) is 20.7. The van der Waals surface area contributed by atoms with E-state index in [4.69, 9.17) is 17.3 Å². The van der Waals surface area contributed by atoms with Crippen LogP contribution < -0.4 is 10.6 Å². The highest BCUT2D eigenvalue weighted by Crippen LogP contribution is 2.37. The SMILES string of the molecule is CN(C)c1nc2ccc(Cl)cc2n1-c1cccc([C@]2(C)CS(=O)(=O)N(C)C(N)=N2)c1F. The van der Waals surface area contributed by atoms with Crippen LogP contribution in [0.1, 0.15) is 12.5 Å². The predicted octanol–water partition coefficient (Wildman–Crippen LogP) is 2.69. The molecule has 11 heteroatoms. The van der Waals surface area contributed by atoms with Gasteiger partial charge in [0.05, 0.1) is 22.5 Å². The molecule has 4 rings (SSSR count). The number of anilines is 1. The summed E-state index contributed by atoms with van der Waals surface area (Å²) in [5.41, 5.74) is 6.05. The molecule has 1 aromatic heterocycles. The lowest BCUT2D eigenvalue weighted by Crippen LogP contribution is -2.50. The van der Waals surface area contributed by atoms with Gasteiger partial charge in [-0.2, -0.15) is 0 Å². The van der Waals surface area contributed by atoms with Crippen LogP contribution in [0.3, 0.4) is 0 Å². The first kappa shape index (κ1) is 21.4. The molecule has 0 unspecified atom stereocenters. The Morgan fingerprint density at radius 3 is 2.61 bits per heavy atom. The molecule has 0 saturated carbocycles. The van der Waals surface area contributed by atoms with Crippen LogP contribution in [0, 0.1) is 5.82 Å². The zero-order chi connectivity index (χ0) is 22.7. The van der Waals surface area contributed by atoms with Gasteiger partial charge in [-0.3, -0.25) is 4.57 Å². The third kappa shape index (κ3) is 3.39. The second kappa shape index (κ2) is 7.10. The first-order chi connectivity index (χ1) is 14.4. The maximum Gasteiger partial charge on any atom is 0.239 e. The predicted molar refractivity (Wildman–Crippen MR) is 121 cm³/mol. The van der Waals surface area contributed by atoms with Gasteiger partial charge >= 0.3 is 0 Å². The summed E-state index contributed by atoms with van der Waals surface area (Å²) in [7, 11) is 1.18. The first-order valence-corrected chi connectivity index (χ1v) is 11.4. The number of hydrogen-bond donors (Lipinski definition) is 1. The van der Waals surface area contributed by atoms with E-state index in [2.05, 4.69) is 9.98 Å². The topological polar surface area (TPSA) is 96.8 Å². The van der Waals surface area contributed by atoms with Crippen molar-refractivity contribution in [3.8, 4) is 5.69 Å². The number of aliphatic imine (C=N–C) groups is 1. The van der Waals surface area contributed by atoms with Crippen molar-refractivity contribution in [3.63, 3.8) is 0 Å². The molecule has 1 aliphatic heterocycles. The van der Waals surface area contributed by atoms with Crippen molar-refractivity contribution in [3.05, 3.63) is 52.8 Å². The van der Waals surface area contributed by atoms with Gasteiger partial charge in [-0.25, -0.2) is 27.1 Å². The summed E-state index contributed by atoms with van der Waals surface area (Å²) < 4.78 is 43.7. The van der Waals surface area contributed by atoms with E-state index in [0.717, 1.165) is 4.31 Å². The van der Waals surface area contributed by atoms with Crippen LogP contribution in [-0.2, 0) is 15.6 Å². The third-order valence-corrected chi connectivity index (χ3v) is 7.55. The smallest absolute Gasteiger partial charge is 0.239 e. The maximum absolute atomic E-state index is 16.0. The number of aromatic nitrogens is 2. The van der Waals surface area contributed by atoms with Crippen LogP contribution in [0.4, 0.5) is 10.3 Å². The first-order valence-electron chi connectivity index (χ1n) is 9.41. The number of sulfonamides is 1. The number of hydrogen-bond acceptors (Lipinski definition) is 6. The van der Waals surface area contributed by atoms with Crippen LogP contribution in [0.25, 0.3) is 16.7 Å². The monoisotopic (exact) mass is 464 g/mol. The average molecular weight is 465 g/mol. The van der Waals surface area contributed by atoms with Crippen LogP contribution in [0.5, 0.6) is 0 Å². The van der Waals surface area contributed by atoms with E-state index in [0.29, 0.717) is 22.0 Å². The minimum atomic E-state index is -3.75. The van der Waals surface area contributed by atoms with Crippen molar-refractivity contribution in [2.75, 3.05) is 31.8 Å². The van der Waals surface area contributed by atoms with Crippen LogP contribution in [0.2, 0.25) is 5.02 Å². The number of halogens is 2. The minimum Gasteiger partial charge on any atom is -0.369 e. The van der Waals surface area contributed by atoms with Gasteiger partial charge in [0, 0.05) is 31.7 Å². The number of imidazole rings is 1. The summed E-state index contributed by atoms with van der Waals surface area (Å²) in [6.07, 6.45) is 0. The van der Waals surface area contributed by atoms with E-state index in [-0.39, 0.29) is 17.2 Å². The van der Waals surface area contributed by atoms with Crippen LogP contribution in [-0.4, -0.2) is 55.1 Å². The zero-order valence-electron chi connectivity index (χ0n) is 17.5. The summed E-state index contributed by atoms with van der Waals surface area (Å²) in [4.78, 5) is 10.7. The molecule has 0 fully saturated rings. The van der Waals surface area contributed by atoms with Gasteiger partial charge in [0.1, 0.15) is 5.54 Å². The molecule has 2 N–H and O–H groups in total. The van der Waals surface area contributed by atoms with Crippen molar-refractivity contribution in [1.82, 2.24) is 13.9 Å². The van der Waals surface area contributed by atoms with E-state index in [1.165, 1.54) is 13.1 Å². The number of fused-ring (bicyclic) bond motifs is 1. The Morgan fingerprint density at radius 2 is 1.97 bits per heavy atom. The molecule has 0 amide bonds. The van der Waals surface area contributed by atoms with E-state index in [9.17, 15) is 8.42 Å². The molecule has 0 aliphatic carbocycles. The van der Waals surface area contributed by atoms with Crippen molar-refractivity contribution < 1.29 is 12.8 Å². The molecule has 1 aliphatic rings. The Balaban J connectivity index is 1.99. The molecular formula is C20H22ClFN6O2S. The highest BCUT2D eigenvalue weighted by molar-refractivity contribution is 7.89. The molecule has 164 valence electrons. The highest BCUT2D eigenvalue weighted by atomic mass is 35.5. The van der Waals surface area contributed by atoms with E-state index in [1.54, 1.807) is 60.8 Å². The number of benzene rings is 2. The summed E-state index contributed by atoms with van der Waals surface area (Å²) in [5, 5.41) is 0.487. The molecule has 0 spiro atoms. The minimum absolute atomic E-state index is 0.123. The molecule has 0 saturated heterocycles. The second-order valence-electron chi connectivity index (χ2n) is 7.88. The van der Waals surface area contributed by atoms with E-state index in [1.807, 2.05) is 0 Å². The summed E-state index contributed by atoms with van der Waals surface area (Å²) in [6.45, 7) is 1.56. The molecule has 2 heterocycles. The lowest BCUT2D eigenvalue weighted by molar-refractivity contribution is 0.457. The molecule has 8 nitrogen and oxygen atoms in total. The highest BCUT2D eigenvalue weighted by Gasteiger charge is 2.42. The van der Waals surface area contributed by atoms with Crippen molar-refractivity contribution in [2.45, 2.75) is 12.5 Å². The number of nitrogens with zero attached hydrogens (tertiary/aromatic N) is 5. The van der Waals surface area contributed by atoms with Gasteiger partial charge in [-0.15, -0.1) is 0 Å². The third-order valence-electron chi connectivity index (χ3n) is 5.36. The van der Waals surface area contributed by atoms with Crippen LogP contribution in [0.15, 0.2) is 41.4 Å². The fourth-order valence-corrected chi connectivity index (χ4v) is 5.39. The zero-order valence-corrected chi connectivity index (χ0v) is 19.0. The maximum atomic E-state index is 16.0.